The second-order valence-corrected chi connectivity index (χ2v) is 6.38. The maximum absolute atomic E-state index is 12.2. The lowest BCUT2D eigenvalue weighted by Crippen LogP contribution is -2.46. The Bertz CT molecular complexity index is 508. The molecular formula is C14H22N4O3. The van der Waals surface area contributed by atoms with E-state index >= 15 is 0 Å². The van der Waals surface area contributed by atoms with E-state index in [9.17, 15) is 4.79 Å². The maximum Gasteiger partial charge on any atom is 0.292 e. The lowest BCUT2D eigenvalue weighted by molar-refractivity contribution is -0.0615. The summed E-state index contributed by atoms with van der Waals surface area (Å²) in [5.74, 6) is 0.346. The smallest absolute Gasteiger partial charge is 0.292 e. The second-order valence-electron chi connectivity index (χ2n) is 6.38. The van der Waals surface area contributed by atoms with Gasteiger partial charge in [0.25, 0.3) is 11.7 Å². The third kappa shape index (κ3) is 3.41. The Kier molecular flexibility index (Phi) is 3.95. The third-order valence-electron chi connectivity index (χ3n) is 4.04. The number of nitrogens with zero attached hydrogens (tertiary/aromatic N) is 2. The highest BCUT2D eigenvalue weighted by Crippen LogP contribution is 2.24. The van der Waals surface area contributed by atoms with Gasteiger partial charge in [0.15, 0.2) is 0 Å². The van der Waals surface area contributed by atoms with E-state index in [2.05, 4.69) is 20.8 Å². The molecule has 2 atom stereocenters. The summed E-state index contributed by atoms with van der Waals surface area (Å²) >= 11 is 0. The van der Waals surface area contributed by atoms with Crippen LogP contribution in [0.3, 0.4) is 0 Å². The summed E-state index contributed by atoms with van der Waals surface area (Å²) in [7, 11) is 0. The molecule has 1 aromatic heterocycles. The minimum Gasteiger partial charge on any atom is -0.375 e. The van der Waals surface area contributed by atoms with Crippen molar-refractivity contribution in [1.29, 1.82) is 0 Å². The van der Waals surface area contributed by atoms with Gasteiger partial charge in [-0.25, -0.2) is 0 Å². The van der Waals surface area contributed by atoms with Crippen LogP contribution in [0.15, 0.2) is 4.52 Å². The Hall–Kier alpha value is -1.47. The molecule has 7 heteroatoms. The number of amides is 1. The number of aromatic nitrogens is 2. The van der Waals surface area contributed by atoms with Crippen LogP contribution in [0.2, 0.25) is 0 Å². The molecule has 2 aliphatic rings. The van der Waals surface area contributed by atoms with Gasteiger partial charge in [-0.2, -0.15) is 4.98 Å². The number of rotatable bonds is 3. The Morgan fingerprint density at radius 1 is 1.43 bits per heavy atom. The molecule has 2 saturated heterocycles. The number of nitrogens with one attached hydrogen (secondary N) is 2. The molecule has 0 aliphatic carbocycles. The third-order valence-corrected chi connectivity index (χ3v) is 4.04. The fourth-order valence-electron chi connectivity index (χ4n) is 2.97. The Labute approximate surface area is 123 Å². The van der Waals surface area contributed by atoms with E-state index < -0.39 is 0 Å². The van der Waals surface area contributed by atoms with Crippen molar-refractivity contribution in [3.8, 4) is 0 Å². The fraction of sp³-hybridized carbons (Fsp3) is 0.786. The van der Waals surface area contributed by atoms with Crippen molar-refractivity contribution in [3.05, 3.63) is 11.7 Å². The van der Waals surface area contributed by atoms with Crippen LogP contribution in [0.1, 0.15) is 62.1 Å². The summed E-state index contributed by atoms with van der Waals surface area (Å²) < 4.78 is 10.8. The van der Waals surface area contributed by atoms with Gasteiger partial charge >= 0.3 is 0 Å². The minimum atomic E-state index is -0.273. The highest BCUT2D eigenvalue weighted by atomic mass is 16.5. The topological polar surface area (TPSA) is 89.3 Å². The molecule has 1 amide bonds. The Balaban J connectivity index is 1.60. The summed E-state index contributed by atoms with van der Waals surface area (Å²) in [6.45, 7) is 5.67. The van der Waals surface area contributed by atoms with Gasteiger partial charge in [-0.1, -0.05) is 5.16 Å². The molecule has 0 saturated carbocycles. The van der Waals surface area contributed by atoms with E-state index in [1.807, 2.05) is 13.8 Å². The average Bonchev–Trinajstić information content (AvgIpc) is 3.09. The van der Waals surface area contributed by atoms with Crippen molar-refractivity contribution in [2.45, 2.75) is 57.2 Å². The van der Waals surface area contributed by atoms with Crippen molar-refractivity contribution in [2.75, 3.05) is 13.2 Å². The molecule has 2 fully saturated rings. The van der Waals surface area contributed by atoms with E-state index in [0.29, 0.717) is 12.5 Å². The van der Waals surface area contributed by atoms with E-state index in [1.54, 1.807) is 0 Å². The van der Waals surface area contributed by atoms with Crippen molar-refractivity contribution in [2.24, 2.45) is 0 Å². The SMILES string of the molecule is CC1(C)CC(NC(=O)c2noc(C3CCCN3)n2)CCO1. The molecule has 3 heterocycles. The van der Waals surface area contributed by atoms with Gasteiger partial charge in [0.05, 0.1) is 11.6 Å². The van der Waals surface area contributed by atoms with Crippen LogP contribution >= 0.6 is 0 Å². The lowest BCUT2D eigenvalue weighted by Gasteiger charge is -2.35. The highest BCUT2D eigenvalue weighted by molar-refractivity contribution is 5.90. The molecule has 0 bridgehead atoms. The molecule has 1 aromatic rings. The predicted octanol–water partition coefficient (Wildman–Crippen LogP) is 1.18. The standard InChI is InChI=1S/C14H22N4O3/c1-14(2)8-9(5-7-20-14)16-12(19)11-17-13(21-18-11)10-4-3-6-15-10/h9-10,15H,3-8H2,1-2H3,(H,16,19). The summed E-state index contributed by atoms with van der Waals surface area (Å²) in [6.07, 6.45) is 3.65. The molecule has 21 heavy (non-hydrogen) atoms. The monoisotopic (exact) mass is 294 g/mol. The van der Waals surface area contributed by atoms with Gasteiger partial charge in [-0.15, -0.1) is 0 Å². The first-order valence-electron chi connectivity index (χ1n) is 7.55. The van der Waals surface area contributed by atoms with Crippen molar-refractivity contribution in [1.82, 2.24) is 20.8 Å². The summed E-state index contributed by atoms with van der Waals surface area (Å²) in [4.78, 5) is 16.4. The van der Waals surface area contributed by atoms with E-state index in [4.69, 9.17) is 9.26 Å². The molecule has 0 radical (unpaired) electrons. The van der Waals surface area contributed by atoms with Gasteiger partial charge < -0.3 is 19.9 Å². The fourth-order valence-corrected chi connectivity index (χ4v) is 2.97. The van der Waals surface area contributed by atoms with Crippen LogP contribution in [-0.2, 0) is 4.74 Å². The van der Waals surface area contributed by atoms with Crippen LogP contribution in [0.25, 0.3) is 0 Å². The van der Waals surface area contributed by atoms with Gasteiger partial charge in [0.2, 0.25) is 5.89 Å². The Morgan fingerprint density at radius 2 is 2.29 bits per heavy atom. The van der Waals surface area contributed by atoms with Crippen molar-refractivity contribution in [3.63, 3.8) is 0 Å². The summed E-state index contributed by atoms with van der Waals surface area (Å²) in [5, 5.41) is 10.0. The number of carbonyl (C=O) groups is 1. The van der Waals surface area contributed by atoms with Gasteiger partial charge in [0, 0.05) is 12.6 Å². The number of ether oxygens (including phenoxy) is 1. The number of carbonyl (C=O) groups excluding carboxylic acids is 1. The van der Waals surface area contributed by atoms with Crippen molar-refractivity contribution < 1.29 is 14.1 Å². The van der Waals surface area contributed by atoms with Crippen LogP contribution in [0.5, 0.6) is 0 Å². The molecule has 2 aliphatic heterocycles. The zero-order chi connectivity index (χ0) is 14.9. The van der Waals surface area contributed by atoms with Gasteiger partial charge in [-0.05, 0) is 46.1 Å². The average molecular weight is 294 g/mol. The quantitative estimate of drug-likeness (QED) is 0.870. The first-order valence-corrected chi connectivity index (χ1v) is 7.55. The summed E-state index contributed by atoms with van der Waals surface area (Å²) in [5.41, 5.74) is -0.202. The zero-order valence-electron chi connectivity index (χ0n) is 12.5. The van der Waals surface area contributed by atoms with E-state index in [-0.39, 0.29) is 29.4 Å². The second kappa shape index (κ2) is 5.73. The van der Waals surface area contributed by atoms with E-state index in [0.717, 1.165) is 32.2 Å². The maximum atomic E-state index is 12.2. The Morgan fingerprint density at radius 3 is 3.00 bits per heavy atom. The number of hydrogen-bond donors (Lipinski definition) is 2. The number of hydrogen-bond acceptors (Lipinski definition) is 6. The first-order chi connectivity index (χ1) is 10.0. The largest absolute Gasteiger partial charge is 0.375 e. The van der Waals surface area contributed by atoms with Crippen LogP contribution in [0.4, 0.5) is 0 Å². The van der Waals surface area contributed by atoms with Crippen LogP contribution in [-0.4, -0.2) is 40.8 Å². The van der Waals surface area contributed by atoms with Crippen molar-refractivity contribution >= 4 is 5.91 Å². The molecule has 116 valence electrons. The first kappa shape index (κ1) is 14.5. The summed E-state index contributed by atoms with van der Waals surface area (Å²) in [6, 6.07) is 0.175. The lowest BCUT2D eigenvalue weighted by atomic mass is 9.94. The minimum absolute atomic E-state index is 0.0843. The molecule has 2 N–H and O–H groups in total. The van der Waals surface area contributed by atoms with Gasteiger partial charge in [0.1, 0.15) is 0 Å². The predicted molar refractivity (Wildman–Crippen MR) is 74.8 cm³/mol. The molecular weight excluding hydrogens is 272 g/mol. The molecule has 2 unspecified atom stereocenters. The van der Waals surface area contributed by atoms with E-state index in [1.165, 1.54) is 0 Å². The van der Waals surface area contributed by atoms with Crippen LogP contribution in [0, 0.1) is 0 Å². The molecule has 3 rings (SSSR count). The molecule has 0 spiro atoms. The highest BCUT2D eigenvalue weighted by Gasteiger charge is 2.31. The van der Waals surface area contributed by atoms with Gasteiger partial charge in [-0.3, -0.25) is 4.79 Å². The van der Waals surface area contributed by atoms with Crippen LogP contribution < -0.4 is 10.6 Å². The molecule has 0 aromatic carbocycles. The zero-order valence-corrected chi connectivity index (χ0v) is 12.5. The normalized spacial score (nSPS) is 28.5. The molecule has 7 nitrogen and oxygen atoms in total.